The summed E-state index contributed by atoms with van der Waals surface area (Å²) < 4.78 is 25.9. The Kier molecular flexibility index (Phi) is 5.95. The number of carbonyl (C=O) groups is 1. The van der Waals surface area contributed by atoms with Crippen molar-refractivity contribution in [3.8, 4) is 0 Å². The summed E-state index contributed by atoms with van der Waals surface area (Å²) in [6.45, 7) is 0.395. The maximum absolute atomic E-state index is 12.9. The van der Waals surface area contributed by atoms with E-state index in [2.05, 4.69) is 22.4 Å². The predicted molar refractivity (Wildman–Crippen MR) is 124 cm³/mol. The van der Waals surface area contributed by atoms with Crippen LogP contribution in [0.5, 0.6) is 0 Å². The lowest BCUT2D eigenvalue weighted by Crippen LogP contribution is -2.29. The Labute approximate surface area is 185 Å². The van der Waals surface area contributed by atoms with Crippen LogP contribution in [-0.2, 0) is 10.0 Å². The van der Waals surface area contributed by atoms with Crippen molar-refractivity contribution in [2.75, 3.05) is 20.6 Å². The number of aromatic amines is 1. The number of amides is 1. The molecule has 8 heteroatoms. The number of aromatic nitrogens is 1. The van der Waals surface area contributed by atoms with Crippen molar-refractivity contribution < 1.29 is 13.2 Å². The summed E-state index contributed by atoms with van der Waals surface area (Å²) in [6.07, 6.45) is 1.99. The van der Waals surface area contributed by atoms with Crippen LogP contribution < -0.4 is 5.32 Å². The number of thiophene rings is 1. The van der Waals surface area contributed by atoms with Gasteiger partial charge in [0.25, 0.3) is 5.91 Å². The van der Waals surface area contributed by atoms with Gasteiger partial charge in [0.15, 0.2) is 0 Å². The summed E-state index contributed by atoms with van der Waals surface area (Å²) in [4.78, 5) is 17.4. The zero-order valence-electron chi connectivity index (χ0n) is 17.2. The van der Waals surface area contributed by atoms with Crippen molar-refractivity contribution in [3.63, 3.8) is 0 Å². The molecule has 2 heterocycles. The molecular formula is C23H23N3O3S2. The van der Waals surface area contributed by atoms with Gasteiger partial charge in [0, 0.05) is 54.1 Å². The summed E-state index contributed by atoms with van der Waals surface area (Å²) in [5.41, 5.74) is 2.47. The van der Waals surface area contributed by atoms with Gasteiger partial charge in [-0.15, -0.1) is 11.3 Å². The van der Waals surface area contributed by atoms with Crippen molar-refractivity contribution in [2.45, 2.75) is 10.8 Å². The van der Waals surface area contributed by atoms with Gasteiger partial charge in [-0.3, -0.25) is 4.79 Å². The molecule has 31 heavy (non-hydrogen) atoms. The van der Waals surface area contributed by atoms with Gasteiger partial charge < -0.3 is 10.3 Å². The van der Waals surface area contributed by atoms with Crippen LogP contribution in [0.15, 0.2) is 77.1 Å². The summed E-state index contributed by atoms with van der Waals surface area (Å²) in [7, 11) is -0.674. The van der Waals surface area contributed by atoms with Crippen LogP contribution in [0, 0.1) is 0 Å². The highest BCUT2D eigenvalue weighted by molar-refractivity contribution is 7.89. The summed E-state index contributed by atoms with van der Waals surface area (Å²) in [5.74, 6) is -0.328. The Balaban J connectivity index is 1.59. The normalized spacial score (nSPS) is 12.9. The first kappa shape index (κ1) is 21.3. The minimum Gasteiger partial charge on any atom is -0.361 e. The molecule has 1 amide bonds. The quantitative estimate of drug-likeness (QED) is 0.443. The second-order valence-electron chi connectivity index (χ2n) is 7.38. The van der Waals surface area contributed by atoms with Gasteiger partial charge in [-0.05, 0) is 41.3 Å². The number of nitrogens with one attached hydrogen (secondary N) is 2. The molecule has 1 atom stereocenters. The Morgan fingerprint density at radius 1 is 1.10 bits per heavy atom. The van der Waals surface area contributed by atoms with E-state index < -0.39 is 10.0 Å². The van der Waals surface area contributed by atoms with Crippen LogP contribution in [0.1, 0.15) is 26.7 Å². The second kappa shape index (κ2) is 8.66. The van der Waals surface area contributed by atoms with Gasteiger partial charge in [-0.25, -0.2) is 12.7 Å². The fourth-order valence-electron chi connectivity index (χ4n) is 3.54. The first-order valence-corrected chi connectivity index (χ1v) is 12.1. The monoisotopic (exact) mass is 453 g/mol. The molecule has 0 saturated carbocycles. The highest BCUT2D eigenvalue weighted by Crippen LogP contribution is 2.32. The van der Waals surface area contributed by atoms with Gasteiger partial charge in [-0.1, -0.05) is 30.3 Å². The fraction of sp³-hybridized carbons (Fsp3) is 0.174. The molecule has 0 spiro atoms. The minimum atomic E-state index is -3.61. The van der Waals surface area contributed by atoms with Gasteiger partial charge in [0.05, 0.1) is 4.90 Å². The highest BCUT2D eigenvalue weighted by Gasteiger charge is 2.22. The number of carbonyl (C=O) groups excluding carboxylic acids is 1. The number of benzene rings is 2. The molecule has 0 fully saturated rings. The van der Waals surface area contributed by atoms with Crippen LogP contribution in [-0.4, -0.2) is 44.3 Å². The average molecular weight is 454 g/mol. The number of rotatable bonds is 7. The van der Waals surface area contributed by atoms with E-state index in [4.69, 9.17) is 0 Å². The lowest BCUT2D eigenvalue weighted by atomic mass is 9.96. The van der Waals surface area contributed by atoms with Crippen LogP contribution in [0.25, 0.3) is 10.9 Å². The standard InChI is InChI=1S/C23H23N3O3S2/c1-26(2)31(28,29)17-8-5-7-16(13-17)23(27)25-15-20(22-11-6-12-30-22)19-14-24-21-10-4-3-9-18(19)21/h3-14,20,24H,15H2,1-2H3,(H,25,27)/t20-/m1/s1. The molecule has 0 bridgehead atoms. The van der Waals surface area contributed by atoms with Crippen LogP contribution in [0.2, 0.25) is 0 Å². The molecule has 2 aromatic carbocycles. The molecule has 4 rings (SSSR count). The molecule has 0 radical (unpaired) electrons. The number of hydrogen-bond acceptors (Lipinski definition) is 4. The number of fused-ring (bicyclic) bond motifs is 1. The van der Waals surface area contributed by atoms with Gasteiger partial charge >= 0.3 is 0 Å². The third kappa shape index (κ3) is 4.27. The van der Waals surface area contributed by atoms with Crippen molar-refractivity contribution in [3.05, 3.63) is 88.2 Å². The predicted octanol–water partition coefficient (Wildman–Crippen LogP) is 4.04. The van der Waals surface area contributed by atoms with Crippen LogP contribution in [0.3, 0.4) is 0 Å². The van der Waals surface area contributed by atoms with E-state index in [-0.39, 0.29) is 16.7 Å². The third-order valence-corrected chi connectivity index (χ3v) is 8.02. The first-order chi connectivity index (χ1) is 14.9. The zero-order valence-corrected chi connectivity index (χ0v) is 18.8. The molecule has 2 N–H and O–H groups in total. The van der Waals surface area contributed by atoms with E-state index in [1.807, 2.05) is 35.8 Å². The van der Waals surface area contributed by atoms with Crippen LogP contribution in [0.4, 0.5) is 0 Å². The smallest absolute Gasteiger partial charge is 0.251 e. The van der Waals surface area contributed by atoms with E-state index in [9.17, 15) is 13.2 Å². The third-order valence-electron chi connectivity index (χ3n) is 5.22. The maximum atomic E-state index is 12.9. The summed E-state index contributed by atoms with van der Waals surface area (Å²) in [6, 6.07) is 18.3. The number of nitrogens with zero attached hydrogens (tertiary/aromatic N) is 1. The van der Waals surface area contributed by atoms with E-state index >= 15 is 0 Å². The molecule has 160 valence electrons. The molecule has 0 aliphatic rings. The van der Waals surface area contributed by atoms with Crippen molar-refractivity contribution in [1.82, 2.24) is 14.6 Å². The molecule has 0 unspecified atom stereocenters. The van der Waals surface area contributed by atoms with Crippen LogP contribution >= 0.6 is 11.3 Å². The Bertz CT molecular complexity index is 1310. The fourth-order valence-corrected chi connectivity index (χ4v) is 5.34. The topological polar surface area (TPSA) is 82.3 Å². The van der Waals surface area contributed by atoms with E-state index in [0.717, 1.165) is 25.6 Å². The van der Waals surface area contributed by atoms with Crippen molar-refractivity contribution >= 4 is 38.2 Å². The molecule has 0 aliphatic carbocycles. The van der Waals surface area contributed by atoms with Crippen molar-refractivity contribution in [2.24, 2.45) is 0 Å². The largest absolute Gasteiger partial charge is 0.361 e. The first-order valence-electron chi connectivity index (χ1n) is 9.78. The number of sulfonamides is 1. The number of hydrogen-bond donors (Lipinski definition) is 2. The Morgan fingerprint density at radius 3 is 2.65 bits per heavy atom. The molecule has 4 aromatic rings. The zero-order chi connectivity index (χ0) is 22.0. The molecule has 0 saturated heterocycles. The van der Waals surface area contributed by atoms with E-state index in [0.29, 0.717) is 12.1 Å². The lowest BCUT2D eigenvalue weighted by molar-refractivity contribution is 0.0952. The SMILES string of the molecule is CN(C)S(=O)(=O)c1cccc(C(=O)NC[C@@H](c2cccs2)c2c[nH]c3ccccc23)c1. The van der Waals surface area contributed by atoms with Crippen molar-refractivity contribution in [1.29, 1.82) is 0 Å². The molecule has 2 aromatic heterocycles. The summed E-state index contributed by atoms with van der Waals surface area (Å²) in [5, 5.41) is 6.14. The summed E-state index contributed by atoms with van der Waals surface area (Å²) >= 11 is 1.64. The van der Waals surface area contributed by atoms with Gasteiger partial charge in [-0.2, -0.15) is 0 Å². The Hall–Kier alpha value is -2.94. The molecule has 6 nitrogen and oxygen atoms in total. The van der Waals surface area contributed by atoms with Gasteiger partial charge in [0.1, 0.15) is 0 Å². The second-order valence-corrected chi connectivity index (χ2v) is 10.5. The highest BCUT2D eigenvalue weighted by atomic mass is 32.2. The average Bonchev–Trinajstić information content (AvgIpc) is 3.45. The Morgan fingerprint density at radius 2 is 1.90 bits per heavy atom. The van der Waals surface area contributed by atoms with E-state index in [1.54, 1.807) is 23.5 Å². The number of H-pyrrole nitrogens is 1. The van der Waals surface area contributed by atoms with E-state index in [1.165, 1.54) is 26.2 Å². The molecule has 0 aliphatic heterocycles. The van der Waals surface area contributed by atoms with Gasteiger partial charge in [0.2, 0.25) is 10.0 Å². The number of para-hydroxylation sites is 1. The lowest BCUT2D eigenvalue weighted by Gasteiger charge is -2.17. The maximum Gasteiger partial charge on any atom is 0.251 e. The molecular weight excluding hydrogens is 430 g/mol. The minimum absolute atomic E-state index is 0.0196.